The number of carbonyl (C=O) groups excluding carboxylic acids is 2. The lowest BCUT2D eigenvalue weighted by molar-refractivity contribution is -0.135. The maximum Gasteiger partial charge on any atom is 0.355 e. The second-order valence-corrected chi connectivity index (χ2v) is 5.54. The molecule has 1 aromatic rings. The molecule has 1 N–H and O–H groups in total. The summed E-state index contributed by atoms with van der Waals surface area (Å²) in [5, 5.41) is 4.73. The third kappa shape index (κ3) is 3.26. The molecule has 112 valence electrons. The molecule has 0 spiro atoms. The maximum absolute atomic E-state index is 11.8. The van der Waals surface area contributed by atoms with Gasteiger partial charge in [-0.15, -0.1) is 0 Å². The molecule has 0 fully saturated rings. The average Bonchev–Trinajstić information content (AvgIpc) is 2.80. The zero-order valence-corrected chi connectivity index (χ0v) is 11.8. The number of carbonyl (C=O) groups is 2. The van der Waals surface area contributed by atoms with E-state index in [-0.39, 0.29) is 29.3 Å². The van der Waals surface area contributed by atoms with E-state index in [2.05, 4.69) is 5.10 Å². The quantitative estimate of drug-likeness (QED) is 0.643. The Bertz CT molecular complexity index is 725. The predicted molar refractivity (Wildman–Crippen MR) is 72.4 cm³/mol. The molecule has 1 aromatic carbocycles. The Morgan fingerprint density at radius 1 is 1.48 bits per heavy atom. The number of ether oxygens (including phenoxy) is 1. The molecule has 1 aliphatic heterocycles. The Kier molecular flexibility index (Phi) is 4.05. The molecule has 0 bridgehead atoms. The molecule has 0 aromatic heterocycles. The van der Waals surface area contributed by atoms with Gasteiger partial charge in [-0.1, -0.05) is 6.07 Å². The Morgan fingerprint density at radius 3 is 2.81 bits per heavy atom. The van der Waals surface area contributed by atoms with Crippen molar-refractivity contribution in [2.45, 2.75) is 18.2 Å². The minimum absolute atomic E-state index is 0.0564. The van der Waals surface area contributed by atoms with Crippen LogP contribution in [0.15, 0.2) is 34.3 Å². The molecule has 1 heterocycles. The van der Waals surface area contributed by atoms with E-state index in [4.69, 9.17) is 9.29 Å². The van der Waals surface area contributed by atoms with Crippen LogP contribution in [0.1, 0.15) is 13.3 Å². The summed E-state index contributed by atoms with van der Waals surface area (Å²) < 4.78 is 35.9. The lowest BCUT2D eigenvalue weighted by atomic mass is 10.2. The van der Waals surface area contributed by atoms with E-state index < -0.39 is 22.0 Å². The molecule has 1 amide bonds. The topological polar surface area (TPSA) is 113 Å². The zero-order chi connectivity index (χ0) is 15.6. The fourth-order valence-corrected chi connectivity index (χ4v) is 2.26. The number of benzene rings is 1. The van der Waals surface area contributed by atoms with Gasteiger partial charge in [-0.3, -0.25) is 9.35 Å². The van der Waals surface area contributed by atoms with Crippen molar-refractivity contribution in [3.05, 3.63) is 24.3 Å². The molecule has 0 saturated carbocycles. The lowest BCUT2D eigenvalue weighted by Crippen LogP contribution is -2.20. The molecule has 0 atom stereocenters. The first-order valence-electron chi connectivity index (χ1n) is 5.98. The average molecular weight is 312 g/mol. The van der Waals surface area contributed by atoms with E-state index in [1.54, 1.807) is 6.92 Å². The van der Waals surface area contributed by atoms with Crippen molar-refractivity contribution in [1.29, 1.82) is 0 Å². The van der Waals surface area contributed by atoms with E-state index in [0.29, 0.717) is 0 Å². The minimum Gasteiger partial charge on any atom is -0.461 e. The Hall–Kier alpha value is -2.26. The van der Waals surface area contributed by atoms with Crippen molar-refractivity contribution in [2.75, 3.05) is 11.6 Å². The molecular formula is C12H12N2O6S. The van der Waals surface area contributed by atoms with Gasteiger partial charge >= 0.3 is 5.97 Å². The zero-order valence-electron chi connectivity index (χ0n) is 11.0. The van der Waals surface area contributed by atoms with Gasteiger partial charge < -0.3 is 4.74 Å². The van der Waals surface area contributed by atoms with Crippen molar-refractivity contribution >= 4 is 33.4 Å². The highest BCUT2D eigenvalue weighted by Gasteiger charge is 2.30. The van der Waals surface area contributed by atoms with Crippen LogP contribution in [-0.4, -0.2) is 37.2 Å². The van der Waals surface area contributed by atoms with E-state index >= 15 is 0 Å². The van der Waals surface area contributed by atoms with Gasteiger partial charge in [0, 0.05) is 0 Å². The number of rotatable bonds is 4. The van der Waals surface area contributed by atoms with Gasteiger partial charge in [0.15, 0.2) is 5.71 Å². The standard InChI is InChI=1S/C12H12N2O6S/c1-2-20-12(16)10-7-11(15)14(13-10)8-4-3-5-9(6-8)21(17,18)19/h3-6H,2,7H2,1H3,(H,17,18,19). The minimum atomic E-state index is -4.39. The Labute approximate surface area is 120 Å². The van der Waals surface area contributed by atoms with Crippen molar-refractivity contribution in [3.63, 3.8) is 0 Å². The largest absolute Gasteiger partial charge is 0.461 e. The van der Waals surface area contributed by atoms with Crippen LogP contribution in [0.2, 0.25) is 0 Å². The molecule has 8 nitrogen and oxygen atoms in total. The van der Waals surface area contributed by atoms with Gasteiger partial charge in [-0.25, -0.2) is 4.79 Å². The monoisotopic (exact) mass is 312 g/mol. The fraction of sp³-hybridized carbons (Fsp3) is 0.250. The van der Waals surface area contributed by atoms with Gasteiger partial charge in [-0.2, -0.15) is 18.5 Å². The van der Waals surface area contributed by atoms with Crippen LogP contribution >= 0.6 is 0 Å². The summed E-state index contributed by atoms with van der Waals surface area (Å²) in [6.45, 7) is 1.78. The molecule has 1 aliphatic rings. The van der Waals surface area contributed by atoms with E-state index in [1.807, 2.05) is 0 Å². The summed E-state index contributed by atoms with van der Waals surface area (Å²) in [5.41, 5.74) is 0.0773. The number of esters is 1. The van der Waals surface area contributed by atoms with Crippen LogP contribution in [0.3, 0.4) is 0 Å². The smallest absolute Gasteiger partial charge is 0.355 e. The van der Waals surface area contributed by atoms with Crippen LogP contribution in [0.5, 0.6) is 0 Å². The van der Waals surface area contributed by atoms with Crippen LogP contribution in [0.25, 0.3) is 0 Å². The number of amides is 1. The highest BCUT2D eigenvalue weighted by atomic mass is 32.2. The molecular weight excluding hydrogens is 300 g/mol. The molecule has 0 unspecified atom stereocenters. The summed E-state index contributed by atoms with van der Waals surface area (Å²) in [6, 6.07) is 5.05. The van der Waals surface area contributed by atoms with E-state index in [9.17, 15) is 18.0 Å². The van der Waals surface area contributed by atoms with Crippen molar-refractivity contribution < 1.29 is 27.3 Å². The van der Waals surface area contributed by atoms with Crippen LogP contribution in [-0.2, 0) is 24.4 Å². The second-order valence-electron chi connectivity index (χ2n) is 4.12. The second kappa shape index (κ2) is 5.62. The number of hydrazone groups is 1. The number of anilines is 1. The van der Waals surface area contributed by atoms with Crippen molar-refractivity contribution in [1.82, 2.24) is 0 Å². The van der Waals surface area contributed by atoms with Crippen molar-refractivity contribution in [2.24, 2.45) is 5.10 Å². The summed E-state index contributed by atoms with van der Waals surface area (Å²) in [4.78, 5) is 23.0. The van der Waals surface area contributed by atoms with Crippen molar-refractivity contribution in [3.8, 4) is 0 Å². The molecule has 0 saturated heterocycles. The molecule has 9 heteroatoms. The molecule has 0 aliphatic carbocycles. The first-order chi connectivity index (χ1) is 9.82. The van der Waals surface area contributed by atoms with Gasteiger partial charge in [0.05, 0.1) is 23.6 Å². The third-order valence-electron chi connectivity index (χ3n) is 2.65. The third-order valence-corrected chi connectivity index (χ3v) is 3.50. The fourth-order valence-electron chi connectivity index (χ4n) is 1.73. The van der Waals surface area contributed by atoms with Crippen LogP contribution in [0, 0.1) is 0 Å². The van der Waals surface area contributed by atoms with Gasteiger partial charge in [0.2, 0.25) is 0 Å². The Balaban J connectivity index is 2.34. The highest BCUT2D eigenvalue weighted by molar-refractivity contribution is 7.85. The van der Waals surface area contributed by atoms with Crippen LogP contribution in [0.4, 0.5) is 5.69 Å². The number of hydrogen-bond acceptors (Lipinski definition) is 6. The predicted octanol–water partition coefficient (Wildman–Crippen LogP) is 0.589. The summed E-state index contributed by atoms with van der Waals surface area (Å²) in [5.74, 6) is -1.19. The molecule has 21 heavy (non-hydrogen) atoms. The van der Waals surface area contributed by atoms with E-state index in [1.165, 1.54) is 18.2 Å². The van der Waals surface area contributed by atoms with Crippen LogP contribution < -0.4 is 5.01 Å². The SMILES string of the molecule is CCOC(=O)C1=NN(c2cccc(S(=O)(=O)O)c2)C(=O)C1. The number of hydrogen-bond donors (Lipinski definition) is 1. The first-order valence-corrected chi connectivity index (χ1v) is 7.42. The summed E-state index contributed by atoms with van der Waals surface area (Å²) >= 11 is 0. The summed E-state index contributed by atoms with van der Waals surface area (Å²) in [7, 11) is -4.39. The normalized spacial score (nSPS) is 15.0. The number of nitrogens with zero attached hydrogens (tertiary/aromatic N) is 2. The Morgan fingerprint density at radius 2 is 2.19 bits per heavy atom. The van der Waals surface area contributed by atoms with Gasteiger partial charge in [0.1, 0.15) is 0 Å². The van der Waals surface area contributed by atoms with Gasteiger partial charge in [0.25, 0.3) is 16.0 Å². The first kappa shape index (κ1) is 15.1. The highest BCUT2D eigenvalue weighted by Crippen LogP contribution is 2.23. The molecule has 0 radical (unpaired) electrons. The molecule has 2 rings (SSSR count). The van der Waals surface area contributed by atoms with Gasteiger partial charge in [-0.05, 0) is 25.1 Å². The maximum atomic E-state index is 11.8. The lowest BCUT2D eigenvalue weighted by Gasteiger charge is -2.11. The van der Waals surface area contributed by atoms with E-state index in [0.717, 1.165) is 11.1 Å². The summed E-state index contributed by atoms with van der Waals surface area (Å²) in [6.07, 6.45) is -0.227.